The Morgan fingerprint density at radius 2 is 1.71 bits per heavy atom. The number of halogens is 3. The van der Waals surface area contributed by atoms with Crippen LogP contribution in [-0.2, 0) is 0 Å². The largest absolute Gasteiger partial charge is 0.378 e. The Morgan fingerprint density at radius 1 is 1.05 bits per heavy atom. The molecule has 0 heterocycles. The quantitative estimate of drug-likeness (QED) is 0.813. The zero-order valence-corrected chi connectivity index (χ0v) is 12.4. The van der Waals surface area contributed by atoms with Crippen LogP contribution in [0.1, 0.15) is 29.9 Å². The van der Waals surface area contributed by atoms with Gasteiger partial charge in [0, 0.05) is 11.1 Å². The van der Waals surface area contributed by atoms with Crippen molar-refractivity contribution in [1.82, 2.24) is 0 Å². The maximum Gasteiger partial charge on any atom is 0.152 e. The Hall–Kier alpha value is -1.61. The molecule has 0 saturated heterocycles. The van der Waals surface area contributed by atoms with Crippen molar-refractivity contribution in [1.29, 1.82) is 0 Å². The number of rotatable bonds is 3. The minimum atomic E-state index is -0.534. The van der Waals surface area contributed by atoms with Crippen LogP contribution in [0.2, 0.25) is 5.02 Å². The average Bonchev–Trinajstić information content (AvgIpc) is 2.43. The zero-order valence-electron chi connectivity index (χ0n) is 11.7. The van der Waals surface area contributed by atoms with Gasteiger partial charge in [-0.15, -0.1) is 0 Å². The topological polar surface area (TPSA) is 12.0 Å². The minimum absolute atomic E-state index is 0.00504. The molecule has 3 rings (SSSR count). The van der Waals surface area contributed by atoms with E-state index in [2.05, 4.69) is 5.32 Å². The molecule has 0 unspecified atom stereocenters. The second-order valence-electron chi connectivity index (χ2n) is 5.61. The molecule has 110 valence electrons. The van der Waals surface area contributed by atoms with Crippen molar-refractivity contribution >= 4 is 17.3 Å². The molecule has 0 spiro atoms. The van der Waals surface area contributed by atoms with Crippen LogP contribution in [0.4, 0.5) is 14.5 Å². The summed E-state index contributed by atoms with van der Waals surface area (Å²) in [7, 11) is 0. The van der Waals surface area contributed by atoms with Gasteiger partial charge in [0.15, 0.2) is 5.82 Å². The van der Waals surface area contributed by atoms with Gasteiger partial charge in [-0.1, -0.05) is 29.8 Å². The van der Waals surface area contributed by atoms with Crippen molar-refractivity contribution in [3.8, 4) is 0 Å². The van der Waals surface area contributed by atoms with Gasteiger partial charge in [-0.05, 0) is 55.0 Å². The first kappa shape index (κ1) is 14.3. The fourth-order valence-electron chi connectivity index (χ4n) is 2.74. The molecule has 1 saturated carbocycles. The summed E-state index contributed by atoms with van der Waals surface area (Å²) in [5.41, 5.74) is 1.67. The van der Waals surface area contributed by atoms with Gasteiger partial charge < -0.3 is 5.32 Å². The second-order valence-corrected chi connectivity index (χ2v) is 6.05. The molecule has 1 aliphatic rings. The number of benzene rings is 2. The Bertz CT molecular complexity index is 649. The summed E-state index contributed by atoms with van der Waals surface area (Å²) < 4.78 is 27.6. The van der Waals surface area contributed by atoms with Crippen molar-refractivity contribution < 1.29 is 8.78 Å². The van der Waals surface area contributed by atoms with Gasteiger partial charge in [-0.25, -0.2) is 8.78 Å². The molecule has 0 amide bonds. The molecule has 1 N–H and O–H groups in total. The molecule has 2 aromatic rings. The van der Waals surface area contributed by atoms with Crippen molar-refractivity contribution in [2.45, 2.75) is 31.7 Å². The Morgan fingerprint density at radius 3 is 2.38 bits per heavy atom. The van der Waals surface area contributed by atoms with Gasteiger partial charge in [-0.3, -0.25) is 0 Å². The average molecular weight is 308 g/mol. The molecule has 0 bridgehead atoms. The molecule has 1 aliphatic carbocycles. The van der Waals surface area contributed by atoms with E-state index < -0.39 is 11.6 Å². The van der Waals surface area contributed by atoms with E-state index in [0.717, 1.165) is 17.9 Å². The summed E-state index contributed by atoms with van der Waals surface area (Å²) in [6, 6.07) is 10.6. The fourth-order valence-corrected chi connectivity index (χ4v) is 2.86. The highest BCUT2D eigenvalue weighted by Crippen LogP contribution is 2.39. The van der Waals surface area contributed by atoms with Crippen LogP contribution in [0.3, 0.4) is 0 Å². The third-order valence-electron chi connectivity index (χ3n) is 4.11. The number of aryl methyl sites for hydroxylation is 1. The van der Waals surface area contributed by atoms with Crippen LogP contribution in [0, 0.1) is 18.6 Å². The van der Waals surface area contributed by atoms with Crippen molar-refractivity contribution in [3.05, 3.63) is 64.2 Å². The first-order chi connectivity index (χ1) is 10.0. The normalized spacial score (nSPS) is 21.0. The predicted molar refractivity (Wildman–Crippen MR) is 81.9 cm³/mol. The number of nitrogens with one attached hydrogen (secondary N) is 1. The highest BCUT2D eigenvalue weighted by Gasteiger charge is 2.31. The van der Waals surface area contributed by atoms with Crippen molar-refractivity contribution in [2.75, 3.05) is 5.32 Å². The van der Waals surface area contributed by atoms with Gasteiger partial charge in [0.1, 0.15) is 11.5 Å². The maximum absolute atomic E-state index is 13.9. The lowest BCUT2D eigenvalue weighted by Gasteiger charge is -2.37. The monoisotopic (exact) mass is 307 g/mol. The van der Waals surface area contributed by atoms with Gasteiger partial charge in [-0.2, -0.15) is 0 Å². The highest BCUT2D eigenvalue weighted by atomic mass is 35.5. The minimum Gasteiger partial charge on any atom is -0.378 e. The molecular weight excluding hydrogens is 292 g/mol. The molecule has 0 aromatic heterocycles. The Kier molecular flexibility index (Phi) is 3.85. The first-order valence-corrected chi connectivity index (χ1v) is 7.39. The third-order valence-corrected chi connectivity index (χ3v) is 4.36. The van der Waals surface area contributed by atoms with Crippen LogP contribution in [0.5, 0.6) is 0 Å². The summed E-state index contributed by atoms with van der Waals surface area (Å²) in [6.07, 6.45) is 1.74. The highest BCUT2D eigenvalue weighted by molar-refractivity contribution is 6.30. The number of anilines is 1. The maximum atomic E-state index is 13.9. The Labute approximate surface area is 127 Å². The lowest BCUT2D eigenvalue weighted by molar-refractivity contribution is 0.371. The van der Waals surface area contributed by atoms with E-state index in [1.165, 1.54) is 17.7 Å². The van der Waals surface area contributed by atoms with E-state index in [4.69, 9.17) is 11.6 Å². The molecule has 1 fully saturated rings. The van der Waals surface area contributed by atoms with E-state index >= 15 is 0 Å². The zero-order chi connectivity index (χ0) is 15.0. The summed E-state index contributed by atoms with van der Waals surface area (Å²) in [5, 5.41) is 3.71. The van der Waals surface area contributed by atoms with Gasteiger partial charge in [0.2, 0.25) is 0 Å². The third kappa shape index (κ3) is 2.88. The SMILES string of the molecule is Cc1ccc(F)c(NC2CC(c3ccc(Cl)cc3)C2)c1F. The summed E-state index contributed by atoms with van der Waals surface area (Å²) in [5.74, 6) is -0.603. The van der Waals surface area contributed by atoms with Gasteiger partial charge in [0.25, 0.3) is 0 Å². The number of hydrogen-bond donors (Lipinski definition) is 1. The Balaban J connectivity index is 1.65. The molecule has 21 heavy (non-hydrogen) atoms. The van der Waals surface area contributed by atoms with Gasteiger partial charge >= 0.3 is 0 Å². The van der Waals surface area contributed by atoms with Crippen molar-refractivity contribution in [3.63, 3.8) is 0 Å². The first-order valence-electron chi connectivity index (χ1n) is 7.01. The van der Waals surface area contributed by atoms with Gasteiger partial charge in [0.05, 0.1) is 0 Å². The van der Waals surface area contributed by atoms with E-state index in [-0.39, 0.29) is 11.7 Å². The molecular formula is C17H16ClF2N. The number of hydrogen-bond acceptors (Lipinski definition) is 1. The molecule has 0 radical (unpaired) electrons. The van der Waals surface area contributed by atoms with Crippen LogP contribution in [0.25, 0.3) is 0 Å². The van der Waals surface area contributed by atoms with Crippen LogP contribution < -0.4 is 5.32 Å². The fraction of sp³-hybridized carbons (Fsp3) is 0.294. The molecule has 2 aromatic carbocycles. The van der Waals surface area contributed by atoms with E-state index in [0.29, 0.717) is 11.5 Å². The van der Waals surface area contributed by atoms with Crippen molar-refractivity contribution in [2.24, 2.45) is 0 Å². The summed E-state index contributed by atoms with van der Waals surface area (Å²) in [4.78, 5) is 0. The summed E-state index contributed by atoms with van der Waals surface area (Å²) in [6.45, 7) is 1.64. The molecule has 0 atom stereocenters. The lowest BCUT2D eigenvalue weighted by Crippen LogP contribution is -2.34. The van der Waals surface area contributed by atoms with E-state index in [9.17, 15) is 8.78 Å². The summed E-state index contributed by atoms with van der Waals surface area (Å²) >= 11 is 5.87. The molecule has 4 heteroatoms. The van der Waals surface area contributed by atoms with Crippen LogP contribution >= 0.6 is 11.6 Å². The standard InChI is InChI=1S/C17H16ClF2N/c1-10-2-7-15(19)17(16(10)20)21-14-8-12(9-14)11-3-5-13(18)6-4-11/h2-7,12,14,21H,8-9H2,1H3. The lowest BCUT2D eigenvalue weighted by atomic mass is 9.76. The second kappa shape index (κ2) is 5.64. The van der Waals surface area contributed by atoms with E-state index in [1.54, 1.807) is 6.92 Å². The molecule has 1 nitrogen and oxygen atoms in total. The van der Waals surface area contributed by atoms with Crippen LogP contribution in [0.15, 0.2) is 36.4 Å². The van der Waals surface area contributed by atoms with E-state index in [1.807, 2.05) is 24.3 Å². The van der Waals surface area contributed by atoms with Crippen LogP contribution in [-0.4, -0.2) is 6.04 Å². The predicted octanol–water partition coefficient (Wildman–Crippen LogP) is 5.28. The smallest absolute Gasteiger partial charge is 0.152 e. The molecule has 0 aliphatic heterocycles.